The van der Waals surface area contributed by atoms with Crippen molar-refractivity contribution in [2.45, 2.75) is 56.5 Å². The summed E-state index contributed by atoms with van der Waals surface area (Å²) in [7, 11) is 0. The fourth-order valence-electron chi connectivity index (χ4n) is 3.83. The molecule has 4 nitrogen and oxygen atoms in total. The van der Waals surface area contributed by atoms with Gasteiger partial charge >= 0.3 is 0 Å². The van der Waals surface area contributed by atoms with Gasteiger partial charge in [-0.2, -0.15) is 11.8 Å². The van der Waals surface area contributed by atoms with Crippen LogP contribution in [0.15, 0.2) is 67.3 Å². The van der Waals surface area contributed by atoms with Crippen LogP contribution in [0, 0.1) is 5.82 Å². The Morgan fingerprint density at radius 3 is 2.72 bits per heavy atom. The molecule has 1 fully saturated rings. The van der Waals surface area contributed by atoms with E-state index in [1.807, 2.05) is 34.7 Å². The van der Waals surface area contributed by atoms with Gasteiger partial charge in [0.05, 0.1) is 18.5 Å². The Hall–Kier alpha value is -1.86. The zero-order chi connectivity index (χ0) is 22.2. The zero-order valence-electron chi connectivity index (χ0n) is 17.9. The molecule has 2 heterocycles. The van der Waals surface area contributed by atoms with Gasteiger partial charge in [-0.05, 0) is 61.1 Å². The van der Waals surface area contributed by atoms with Crippen LogP contribution >= 0.6 is 23.4 Å². The highest BCUT2D eigenvalue weighted by Gasteiger charge is 2.26. The van der Waals surface area contributed by atoms with Crippen LogP contribution in [-0.4, -0.2) is 27.7 Å². The number of hydrogen-bond donors (Lipinski definition) is 0. The zero-order valence-corrected chi connectivity index (χ0v) is 19.5. The fraction of sp³-hybridized carbons (Fsp3) is 0.400. The molecule has 170 valence electrons. The number of ether oxygens (including phenoxy) is 2. The number of thioether (sulfide) groups is 1. The Morgan fingerprint density at radius 1 is 1.16 bits per heavy atom. The number of hydrogen-bond acceptors (Lipinski definition) is 4. The highest BCUT2D eigenvalue weighted by molar-refractivity contribution is 7.98. The van der Waals surface area contributed by atoms with Gasteiger partial charge in [-0.1, -0.05) is 35.9 Å². The van der Waals surface area contributed by atoms with Crippen LogP contribution in [-0.2, 0) is 21.8 Å². The number of aryl methyl sites for hydroxylation is 1. The molecule has 0 saturated carbocycles. The van der Waals surface area contributed by atoms with Crippen LogP contribution in [0.5, 0.6) is 0 Å². The second-order valence-corrected chi connectivity index (χ2v) is 9.49. The maximum atomic E-state index is 13.4. The number of imidazole rings is 1. The SMILES string of the molecule is Fc1ccc(C(CCn2ccnc2)OC2CCCC(CSCc3ccc(Cl)cc3)O2)cc1. The van der Waals surface area contributed by atoms with E-state index in [1.54, 1.807) is 24.7 Å². The lowest BCUT2D eigenvalue weighted by molar-refractivity contribution is -0.213. The third-order valence-corrected chi connectivity index (χ3v) is 6.96. The first-order valence-electron chi connectivity index (χ1n) is 11.0. The summed E-state index contributed by atoms with van der Waals surface area (Å²) in [5, 5.41) is 0.762. The summed E-state index contributed by atoms with van der Waals surface area (Å²) in [5.41, 5.74) is 2.23. The molecule has 0 radical (unpaired) electrons. The molecule has 3 unspecified atom stereocenters. The molecule has 0 spiro atoms. The summed E-state index contributed by atoms with van der Waals surface area (Å²) in [5.74, 6) is 1.62. The first-order chi connectivity index (χ1) is 15.7. The molecule has 1 aliphatic heterocycles. The van der Waals surface area contributed by atoms with Gasteiger partial charge in [0.2, 0.25) is 0 Å². The second-order valence-electron chi connectivity index (χ2n) is 8.03. The molecule has 1 saturated heterocycles. The average Bonchev–Trinajstić information content (AvgIpc) is 3.33. The summed E-state index contributed by atoms with van der Waals surface area (Å²) in [6, 6.07) is 14.6. The van der Waals surface area contributed by atoms with Crippen molar-refractivity contribution >= 4 is 23.4 Å². The summed E-state index contributed by atoms with van der Waals surface area (Å²) in [6.45, 7) is 0.773. The third-order valence-electron chi connectivity index (χ3n) is 5.56. The summed E-state index contributed by atoms with van der Waals surface area (Å²) in [4.78, 5) is 4.10. The molecule has 0 N–H and O–H groups in total. The van der Waals surface area contributed by atoms with Crippen LogP contribution in [0.4, 0.5) is 4.39 Å². The van der Waals surface area contributed by atoms with Gasteiger partial charge in [-0.25, -0.2) is 9.37 Å². The van der Waals surface area contributed by atoms with Gasteiger partial charge in [-0.15, -0.1) is 0 Å². The smallest absolute Gasteiger partial charge is 0.158 e. The van der Waals surface area contributed by atoms with E-state index in [0.717, 1.165) is 54.3 Å². The monoisotopic (exact) mass is 474 g/mol. The third kappa shape index (κ3) is 7.07. The molecular formula is C25H28ClFN2O2S. The van der Waals surface area contributed by atoms with E-state index in [2.05, 4.69) is 17.1 Å². The Kier molecular flexibility index (Phi) is 8.62. The Labute approximate surface area is 198 Å². The quantitative estimate of drug-likeness (QED) is 0.329. The summed E-state index contributed by atoms with van der Waals surface area (Å²) in [6.07, 6.45) is 9.03. The van der Waals surface area contributed by atoms with Crippen molar-refractivity contribution in [2.24, 2.45) is 0 Å². The van der Waals surface area contributed by atoms with E-state index in [-0.39, 0.29) is 24.3 Å². The van der Waals surface area contributed by atoms with Crippen molar-refractivity contribution in [3.8, 4) is 0 Å². The van der Waals surface area contributed by atoms with Gasteiger partial charge in [0.15, 0.2) is 6.29 Å². The minimum atomic E-state index is -0.247. The molecule has 4 rings (SSSR count). The van der Waals surface area contributed by atoms with Crippen molar-refractivity contribution < 1.29 is 13.9 Å². The van der Waals surface area contributed by atoms with Crippen LogP contribution in [0.25, 0.3) is 0 Å². The molecule has 0 amide bonds. The summed E-state index contributed by atoms with van der Waals surface area (Å²) < 4.78 is 28.2. The molecule has 1 aliphatic rings. The van der Waals surface area contributed by atoms with Gasteiger partial charge in [0.1, 0.15) is 5.82 Å². The molecular weight excluding hydrogens is 447 g/mol. The minimum absolute atomic E-state index is 0.163. The Bertz CT molecular complexity index is 938. The maximum absolute atomic E-state index is 13.4. The number of rotatable bonds is 10. The van der Waals surface area contributed by atoms with Crippen molar-refractivity contribution in [2.75, 3.05) is 5.75 Å². The molecule has 7 heteroatoms. The predicted molar refractivity (Wildman–Crippen MR) is 127 cm³/mol. The van der Waals surface area contributed by atoms with E-state index in [1.165, 1.54) is 17.7 Å². The molecule has 0 bridgehead atoms. The lowest BCUT2D eigenvalue weighted by Crippen LogP contribution is -2.32. The van der Waals surface area contributed by atoms with Crippen molar-refractivity contribution in [3.63, 3.8) is 0 Å². The van der Waals surface area contributed by atoms with E-state index < -0.39 is 0 Å². The van der Waals surface area contributed by atoms with Crippen LogP contribution in [0.1, 0.15) is 42.9 Å². The summed E-state index contributed by atoms with van der Waals surface area (Å²) >= 11 is 7.84. The number of halogens is 2. The molecule has 3 aromatic rings. The molecule has 0 aliphatic carbocycles. The minimum Gasteiger partial charge on any atom is -0.349 e. The maximum Gasteiger partial charge on any atom is 0.158 e. The number of aromatic nitrogens is 2. The van der Waals surface area contributed by atoms with Crippen molar-refractivity contribution in [3.05, 3.63) is 89.2 Å². The van der Waals surface area contributed by atoms with E-state index >= 15 is 0 Å². The Balaban J connectivity index is 1.31. The van der Waals surface area contributed by atoms with E-state index in [9.17, 15) is 4.39 Å². The standard InChI is InChI=1S/C25H28ClFN2O2S/c26-21-8-4-19(5-9-21)16-32-17-23-2-1-3-25(30-23)31-24(12-14-29-15-13-28-18-29)20-6-10-22(27)11-7-20/h4-11,13,15,18,23-25H,1-3,12,14,16-17H2. The van der Waals surface area contributed by atoms with E-state index in [0.29, 0.717) is 0 Å². The van der Waals surface area contributed by atoms with Gasteiger partial charge in [0, 0.05) is 35.5 Å². The van der Waals surface area contributed by atoms with Crippen LogP contribution in [0.2, 0.25) is 5.02 Å². The average molecular weight is 475 g/mol. The molecule has 2 aromatic carbocycles. The number of nitrogens with zero attached hydrogens (tertiary/aromatic N) is 2. The van der Waals surface area contributed by atoms with Crippen molar-refractivity contribution in [1.82, 2.24) is 9.55 Å². The molecule has 3 atom stereocenters. The van der Waals surface area contributed by atoms with Crippen LogP contribution < -0.4 is 0 Å². The lowest BCUT2D eigenvalue weighted by Gasteiger charge is -2.33. The van der Waals surface area contributed by atoms with Crippen LogP contribution in [0.3, 0.4) is 0 Å². The second kappa shape index (κ2) is 11.8. The first kappa shape index (κ1) is 23.3. The Morgan fingerprint density at radius 2 is 1.97 bits per heavy atom. The highest BCUT2D eigenvalue weighted by Crippen LogP contribution is 2.30. The van der Waals surface area contributed by atoms with Gasteiger partial charge in [0.25, 0.3) is 0 Å². The number of benzene rings is 2. The fourth-order valence-corrected chi connectivity index (χ4v) is 5.01. The van der Waals surface area contributed by atoms with Crippen molar-refractivity contribution in [1.29, 1.82) is 0 Å². The van der Waals surface area contributed by atoms with Gasteiger partial charge in [-0.3, -0.25) is 0 Å². The molecule has 32 heavy (non-hydrogen) atoms. The largest absolute Gasteiger partial charge is 0.349 e. The molecule has 1 aromatic heterocycles. The highest BCUT2D eigenvalue weighted by atomic mass is 35.5. The predicted octanol–water partition coefficient (Wildman–Crippen LogP) is 6.65. The topological polar surface area (TPSA) is 36.3 Å². The first-order valence-corrected chi connectivity index (χ1v) is 12.5. The normalized spacial score (nSPS) is 19.7. The van der Waals surface area contributed by atoms with Gasteiger partial charge < -0.3 is 14.0 Å². The lowest BCUT2D eigenvalue weighted by atomic mass is 10.1. The van der Waals surface area contributed by atoms with E-state index in [4.69, 9.17) is 21.1 Å².